The van der Waals surface area contributed by atoms with E-state index >= 15 is 0 Å². The first-order valence-corrected chi connectivity index (χ1v) is 8.99. The van der Waals surface area contributed by atoms with Gasteiger partial charge in [0.15, 0.2) is 0 Å². The topological polar surface area (TPSA) is 67.3 Å². The van der Waals surface area contributed by atoms with Gasteiger partial charge in [-0.3, -0.25) is 9.69 Å². The van der Waals surface area contributed by atoms with Crippen LogP contribution in [0.15, 0.2) is 30.5 Å². The number of carbonyl (C=O) groups is 1. The van der Waals surface area contributed by atoms with Crippen molar-refractivity contribution in [2.75, 3.05) is 20.7 Å². The second-order valence-corrected chi connectivity index (χ2v) is 6.77. The molecule has 0 aliphatic carbocycles. The molecule has 1 atom stereocenters. The molecule has 26 heavy (non-hydrogen) atoms. The molecule has 6 heteroatoms. The summed E-state index contributed by atoms with van der Waals surface area (Å²) in [6.45, 7) is 3.44. The molecule has 2 heterocycles. The van der Waals surface area contributed by atoms with Crippen LogP contribution in [0.2, 0.25) is 0 Å². The van der Waals surface area contributed by atoms with E-state index in [4.69, 9.17) is 4.74 Å². The van der Waals surface area contributed by atoms with Crippen LogP contribution in [0.1, 0.15) is 41.5 Å². The van der Waals surface area contributed by atoms with Gasteiger partial charge in [0.1, 0.15) is 11.6 Å². The Morgan fingerprint density at radius 2 is 2.12 bits per heavy atom. The van der Waals surface area contributed by atoms with Crippen molar-refractivity contribution >= 4 is 5.91 Å². The summed E-state index contributed by atoms with van der Waals surface area (Å²) in [7, 11) is 3.76. The van der Waals surface area contributed by atoms with E-state index in [9.17, 15) is 4.79 Å². The molecule has 2 aromatic rings. The van der Waals surface area contributed by atoms with Crippen molar-refractivity contribution in [1.82, 2.24) is 20.2 Å². The number of aromatic nitrogens is 2. The quantitative estimate of drug-likeness (QED) is 0.863. The van der Waals surface area contributed by atoms with Crippen LogP contribution in [0.4, 0.5) is 0 Å². The summed E-state index contributed by atoms with van der Waals surface area (Å²) in [6.07, 6.45) is 4.46. The molecule has 6 nitrogen and oxygen atoms in total. The number of hydrogen-bond acceptors (Lipinski definition) is 5. The standard InChI is InChI=1S/C20H26N4O2/c1-14-21-12-16(20(23-14)18-5-4-10-24(18)2)13-22-19(25)11-15-6-8-17(26-3)9-7-15/h6-9,12,18H,4-5,10-11,13H2,1-3H3,(H,22,25)/t18-/m0/s1. The fourth-order valence-corrected chi connectivity index (χ4v) is 3.38. The summed E-state index contributed by atoms with van der Waals surface area (Å²) in [4.78, 5) is 23.6. The van der Waals surface area contributed by atoms with E-state index in [1.54, 1.807) is 7.11 Å². The number of carbonyl (C=O) groups excluding carboxylic acids is 1. The molecule has 1 aromatic carbocycles. The Kier molecular flexibility index (Phi) is 5.83. The van der Waals surface area contributed by atoms with Gasteiger partial charge in [-0.2, -0.15) is 0 Å². The largest absolute Gasteiger partial charge is 0.497 e. The lowest BCUT2D eigenvalue weighted by atomic mass is 10.1. The molecule has 1 fully saturated rings. The van der Waals surface area contributed by atoms with Crippen molar-refractivity contribution in [1.29, 1.82) is 0 Å². The fourth-order valence-electron chi connectivity index (χ4n) is 3.38. The highest BCUT2D eigenvalue weighted by Crippen LogP contribution is 2.31. The third-order valence-corrected chi connectivity index (χ3v) is 4.85. The first kappa shape index (κ1) is 18.3. The normalized spacial score (nSPS) is 17.3. The number of benzene rings is 1. The molecule has 0 saturated carbocycles. The Morgan fingerprint density at radius 1 is 1.35 bits per heavy atom. The molecule has 0 unspecified atom stereocenters. The smallest absolute Gasteiger partial charge is 0.224 e. The average molecular weight is 354 g/mol. The molecular formula is C20H26N4O2. The van der Waals surface area contributed by atoms with Gasteiger partial charge in [-0.15, -0.1) is 0 Å². The predicted octanol–water partition coefficient (Wildman–Crippen LogP) is 2.42. The minimum Gasteiger partial charge on any atom is -0.497 e. The van der Waals surface area contributed by atoms with Crippen LogP contribution in [0, 0.1) is 6.92 Å². The Bertz CT molecular complexity index is 761. The molecule has 0 radical (unpaired) electrons. The van der Waals surface area contributed by atoms with Gasteiger partial charge in [0.05, 0.1) is 25.3 Å². The number of methoxy groups -OCH3 is 1. The van der Waals surface area contributed by atoms with Gasteiger partial charge in [-0.25, -0.2) is 9.97 Å². The van der Waals surface area contributed by atoms with Crippen LogP contribution in [-0.4, -0.2) is 41.5 Å². The van der Waals surface area contributed by atoms with E-state index in [0.29, 0.717) is 19.0 Å². The SMILES string of the molecule is COc1ccc(CC(=O)NCc2cnc(C)nc2[C@@H]2CCCN2C)cc1. The van der Waals surface area contributed by atoms with Crippen LogP contribution in [0.5, 0.6) is 5.75 Å². The summed E-state index contributed by atoms with van der Waals surface area (Å²) in [5, 5.41) is 3.01. The maximum absolute atomic E-state index is 12.3. The van der Waals surface area contributed by atoms with Gasteiger partial charge in [-0.05, 0) is 51.1 Å². The number of ether oxygens (including phenoxy) is 1. The van der Waals surface area contributed by atoms with E-state index in [0.717, 1.165) is 41.4 Å². The zero-order chi connectivity index (χ0) is 18.5. The monoisotopic (exact) mass is 354 g/mol. The Balaban J connectivity index is 1.64. The van der Waals surface area contributed by atoms with Crippen LogP contribution in [0.3, 0.4) is 0 Å². The minimum atomic E-state index is -0.0125. The maximum Gasteiger partial charge on any atom is 0.224 e. The van der Waals surface area contributed by atoms with E-state index in [2.05, 4.69) is 27.2 Å². The summed E-state index contributed by atoms with van der Waals surface area (Å²) >= 11 is 0. The molecule has 0 bridgehead atoms. The summed E-state index contributed by atoms with van der Waals surface area (Å²) in [6, 6.07) is 7.86. The second-order valence-electron chi connectivity index (χ2n) is 6.77. The zero-order valence-electron chi connectivity index (χ0n) is 15.7. The van der Waals surface area contributed by atoms with Crippen molar-refractivity contribution in [2.24, 2.45) is 0 Å². The van der Waals surface area contributed by atoms with Crippen molar-refractivity contribution in [2.45, 2.75) is 38.8 Å². The average Bonchev–Trinajstić information content (AvgIpc) is 3.07. The minimum absolute atomic E-state index is 0.0125. The molecule has 138 valence electrons. The van der Waals surface area contributed by atoms with Crippen molar-refractivity contribution < 1.29 is 9.53 Å². The second kappa shape index (κ2) is 8.27. The van der Waals surface area contributed by atoms with E-state index in [1.807, 2.05) is 37.4 Å². The Hall–Kier alpha value is -2.47. The fraction of sp³-hybridized carbons (Fsp3) is 0.450. The van der Waals surface area contributed by atoms with E-state index in [1.165, 1.54) is 6.42 Å². The zero-order valence-corrected chi connectivity index (χ0v) is 15.7. The van der Waals surface area contributed by atoms with E-state index in [-0.39, 0.29) is 5.91 Å². The van der Waals surface area contributed by atoms with Gasteiger partial charge >= 0.3 is 0 Å². The van der Waals surface area contributed by atoms with Crippen LogP contribution >= 0.6 is 0 Å². The molecule has 1 aromatic heterocycles. The van der Waals surface area contributed by atoms with Crippen molar-refractivity contribution in [3.05, 3.63) is 53.1 Å². The lowest BCUT2D eigenvalue weighted by Gasteiger charge is -2.21. The highest BCUT2D eigenvalue weighted by Gasteiger charge is 2.26. The van der Waals surface area contributed by atoms with Crippen molar-refractivity contribution in [3.63, 3.8) is 0 Å². The van der Waals surface area contributed by atoms with Gasteiger partial charge in [0.25, 0.3) is 0 Å². The third kappa shape index (κ3) is 4.38. The number of likely N-dealkylation sites (tertiary alicyclic amines) is 1. The number of aryl methyl sites for hydroxylation is 1. The molecule has 1 amide bonds. The Morgan fingerprint density at radius 3 is 2.77 bits per heavy atom. The number of nitrogens with zero attached hydrogens (tertiary/aromatic N) is 3. The van der Waals surface area contributed by atoms with Gasteiger partial charge in [0, 0.05) is 18.3 Å². The van der Waals surface area contributed by atoms with Crippen LogP contribution < -0.4 is 10.1 Å². The van der Waals surface area contributed by atoms with Gasteiger partial charge < -0.3 is 10.1 Å². The number of hydrogen-bond donors (Lipinski definition) is 1. The van der Waals surface area contributed by atoms with E-state index < -0.39 is 0 Å². The van der Waals surface area contributed by atoms with Crippen LogP contribution in [-0.2, 0) is 17.8 Å². The molecule has 0 spiro atoms. The predicted molar refractivity (Wildman–Crippen MR) is 99.9 cm³/mol. The molecule has 3 rings (SSSR count). The summed E-state index contributed by atoms with van der Waals surface area (Å²) in [5.74, 6) is 1.55. The Labute approximate surface area is 154 Å². The molecule has 1 N–H and O–H groups in total. The third-order valence-electron chi connectivity index (χ3n) is 4.85. The summed E-state index contributed by atoms with van der Waals surface area (Å²) < 4.78 is 5.14. The lowest BCUT2D eigenvalue weighted by Crippen LogP contribution is -2.27. The van der Waals surface area contributed by atoms with Crippen molar-refractivity contribution in [3.8, 4) is 5.75 Å². The highest BCUT2D eigenvalue weighted by atomic mass is 16.5. The van der Waals surface area contributed by atoms with Gasteiger partial charge in [0.2, 0.25) is 5.91 Å². The molecule has 1 aliphatic heterocycles. The van der Waals surface area contributed by atoms with Gasteiger partial charge in [-0.1, -0.05) is 12.1 Å². The molecule has 1 saturated heterocycles. The summed E-state index contributed by atoms with van der Waals surface area (Å²) in [5.41, 5.74) is 3.00. The first-order chi connectivity index (χ1) is 12.6. The van der Waals surface area contributed by atoms with Crippen LogP contribution in [0.25, 0.3) is 0 Å². The number of nitrogens with one attached hydrogen (secondary N) is 1. The number of rotatable bonds is 6. The number of amides is 1. The maximum atomic E-state index is 12.3. The first-order valence-electron chi connectivity index (χ1n) is 8.99. The highest BCUT2D eigenvalue weighted by molar-refractivity contribution is 5.78. The molecule has 1 aliphatic rings. The molecular weight excluding hydrogens is 328 g/mol. The lowest BCUT2D eigenvalue weighted by molar-refractivity contribution is -0.120.